The molecule has 2 rings (SSSR count). The molecule has 3 heteroatoms. The first kappa shape index (κ1) is 7.55. The Morgan fingerprint density at radius 3 is 3.08 bits per heavy atom. The van der Waals surface area contributed by atoms with Gasteiger partial charge in [-0.25, -0.2) is 4.39 Å². The largest absolute Gasteiger partial charge is 0.372 e. The number of hydrogen-bond donors (Lipinski definition) is 1. The Balaban J connectivity index is 2.53. The molecule has 0 aromatic heterocycles. The third-order valence-corrected chi connectivity index (χ3v) is 2.27. The highest BCUT2D eigenvalue weighted by Gasteiger charge is 2.22. The van der Waals surface area contributed by atoms with Gasteiger partial charge in [-0.2, -0.15) is 0 Å². The van der Waals surface area contributed by atoms with Gasteiger partial charge in [-0.15, -0.1) is 0 Å². The highest BCUT2D eigenvalue weighted by atomic mass is 19.1. The van der Waals surface area contributed by atoms with Gasteiger partial charge < -0.3 is 10.6 Å². The fourth-order valence-corrected chi connectivity index (χ4v) is 1.65. The molecule has 0 spiro atoms. The molecule has 2 N–H and O–H groups in total. The Morgan fingerprint density at radius 2 is 2.33 bits per heavy atom. The zero-order valence-corrected chi connectivity index (χ0v) is 6.92. The fourth-order valence-electron chi connectivity index (χ4n) is 1.65. The van der Waals surface area contributed by atoms with E-state index in [0.29, 0.717) is 0 Å². The van der Waals surface area contributed by atoms with E-state index in [1.165, 1.54) is 12.1 Å². The second-order valence-electron chi connectivity index (χ2n) is 3.19. The molecule has 0 radical (unpaired) electrons. The van der Waals surface area contributed by atoms with Crippen LogP contribution >= 0.6 is 0 Å². The van der Waals surface area contributed by atoms with Crippen molar-refractivity contribution < 1.29 is 4.39 Å². The summed E-state index contributed by atoms with van der Waals surface area (Å²) < 4.78 is 12.8. The van der Waals surface area contributed by atoms with Gasteiger partial charge in [-0.3, -0.25) is 0 Å². The number of benzene rings is 1. The van der Waals surface area contributed by atoms with Crippen LogP contribution in [-0.2, 0) is 0 Å². The normalized spacial score (nSPS) is 21.2. The maximum Gasteiger partial charge on any atom is 0.125 e. The lowest BCUT2D eigenvalue weighted by Gasteiger charge is -2.10. The Kier molecular flexibility index (Phi) is 1.54. The molecule has 2 nitrogen and oxygen atoms in total. The summed E-state index contributed by atoms with van der Waals surface area (Å²) in [5.41, 5.74) is 7.78. The summed E-state index contributed by atoms with van der Waals surface area (Å²) in [6.07, 6.45) is 0. The summed E-state index contributed by atoms with van der Waals surface area (Å²) in [4.78, 5) is 1.98. The van der Waals surface area contributed by atoms with Crippen LogP contribution in [0.15, 0.2) is 18.2 Å². The molecule has 1 heterocycles. The molecule has 0 saturated carbocycles. The molecule has 1 aromatic rings. The monoisotopic (exact) mass is 166 g/mol. The van der Waals surface area contributed by atoms with Crippen LogP contribution in [0.25, 0.3) is 0 Å². The number of anilines is 1. The summed E-state index contributed by atoms with van der Waals surface area (Å²) >= 11 is 0. The molecule has 0 amide bonds. The van der Waals surface area contributed by atoms with Crippen molar-refractivity contribution in [2.45, 2.75) is 6.04 Å². The van der Waals surface area contributed by atoms with E-state index in [-0.39, 0.29) is 11.9 Å². The summed E-state index contributed by atoms with van der Waals surface area (Å²) in [7, 11) is 1.92. The molecule has 1 aromatic carbocycles. The first-order valence-electron chi connectivity index (χ1n) is 3.94. The molecule has 0 aliphatic carbocycles. The standard InChI is InChI=1S/C9H11FN2/c1-12-5-8(11)7-3-2-6(10)4-9(7)12/h2-4,8H,5,11H2,1H3. The van der Waals surface area contributed by atoms with Crippen LogP contribution in [-0.4, -0.2) is 13.6 Å². The maximum absolute atomic E-state index is 12.8. The van der Waals surface area contributed by atoms with E-state index < -0.39 is 0 Å². The highest BCUT2D eigenvalue weighted by Crippen LogP contribution is 2.32. The molecule has 1 aliphatic heterocycles. The van der Waals surface area contributed by atoms with E-state index in [9.17, 15) is 4.39 Å². The van der Waals surface area contributed by atoms with Crippen molar-refractivity contribution >= 4 is 5.69 Å². The molecule has 0 bridgehead atoms. The average molecular weight is 166 g/mol. The zero-order valence-electron chi connectivity index (χ0n) is 6.92. The first-order valence-corrected chi connectivity index (χ1v) is 3.94. The number of rotatable bonds is 0. The quantitative estimate of drug-likeness (QED) is 0.629. The van der Waals surface area contributed by atoms with E-state index >= 15 is 0 Å². The van der Waals surface area contributed by atoms with Crippen molar-refractivity contribution in [2.24, 2.45) is 5.73 Å². The highest BCUT2D eigenvalue weighted by molar-refractivity contribution is 5.59. The van der Waals surface area contributed by atoms with Crippen LogP contribution < -0.4 is 10.6 Å². The minimum absolute atomic E-state index is 0.0330. The summed E-state index contributed by atoms with van der Waals surface area (Å²) in [5.74, 6) is -0.199. The van der Waals surface area contributed by atoms with Crippen LogP contribution in [0.4, 0.5) is 10.1 Å². The Labute approximate surface area is 70.8 Å². The van der Waals surface area contributed by atoms with Crippen LogP contribution in [0.2, 0.25) is 0 Å². The van der Waals surface area contributed by atoms with Crippen molar-refractivity contribution in [3.05, 3.63) is 29.6 Å². The Bertz CT molecular complexity index is 311. The second kappa shape index (κ2) is 2.45. The predicted octanol–water partition coefficient (Wildman–Crippen LogP) is 1.28. The number of likely N-dealkylation sites (N-methyl/N-ethyl adjacent to an activating group) is 1. The number of nitrogens with zero attached hydrogens (tertiary/aromatic N) is 1. The van der Waals surface area contributed by atoms with Gasteiger partial charge in [0.2, 0.25) is 0 Å². The van der Waals surface area contributed by atoms with Gasteiger partial charge in [-0.1, -0.05) is 6.07 Å². The van der Waals surface area contributed by atoms with Crippen molar-refractivity contribution in [1.29, 1.82) is 0 Å². The first-order chi connectivity index (χ1) is 5.68. The molecule has 12 heavy (non-hydrogen) atoms. The van der Waals surface area contributed by atoms with Gasteiger partial charge in [0, 0.05) is 25.3 Å². The minimum atomic E-state index is -0.199. The van der Waals surface area contributed by atoms with Gasteiger partial charge in [0.25, 0.3) is 0 Å². The van der Waals surface area contributed by atoms with Gasteiger partial charge >= 0.3 is 0 Å². The molecular weight excluding hydrogens is 155 g/mol. The van der Waals surface area contributed by atoms with Gasteiger partial charge in [0.15, 0.2) is 0 Å². The Hall–Kier alpha value is -1.09. The maximum atomic E-state index is 12.8. The van der Waals surface area contributed by atoms with Crippen LogP contribution in [0.3, 0.4) is 0 Å². The molecule has 64 valence electrons. The van der Waals surface area contributed by atoms with Crippen molar-refractivity contribution in [2.75, 3.05) is 18.5 Å². The molecule has 1 aliphatic rings. The molecule has 0 saturated heterocycles. The number of hydrogen-bond acceptors (Lipinski definition) is 2. The summed E-state index contributed by atoms with van der Waals surface area (Å²) in [6.45, 7) is 0.777. The topological polar surface area (TPSA) is 29.3 Å². The lowest BCUT2D eigenvalue weighted by molar-refractivity contribution is 0.627. The van der Waals surface area contributed by atoms with E-state index in [1.54, 1.807) is 6.07 Å². The molecular formula is C9H11FN2. The van der Waals surface area contributed by atoms with Gasteiger partial charge in [0.05, 0.1) is 0 Å². The van der Waals surface area contributed by atoms with E-state index in [1.807, 2.05) is 11.9 Å². The smallest absolute Gasteiger partial charge is 0.125 e. The number of nitrogens with two attached hydrogens (primary N) is 1. The lowest BCUT2D eigenvalue weighted by atomic mass is 10.1. The third-order valence-electron chi connectivity index (χ3n) is 2.27. The molecule has 0 fully saturated rings. The second-order valence-corrected chi connectivity index (χ2v) is 3.19. The number of halogens is 1. The van der Waals surface area contributed by atoms with Gasteiger partial charge in [0.1, 0.15) is 5.82 Å². The van der Waals surface area contributed by atoms with E-state index in [0.717, 1.165) is 17.8 Å². The van der Waals surface area contributed by atoms with Crippen LogP contribution in [0.1, 0.15) is 11.6 Å². The van der Waals surface area contributed by atoms with E-state index in [4.69, 9.17) is 5.73 Å². The summed E-state index contributed by atoms with van der Waals surface area (Å²) in [5, 5.41) is 0. The summed E-state index contributed by atoms with van der Waals surface area (Å²) in [6, 6.07) is 4.78. The van der Waals surface area contributed by atoms with Gasteiger partial charge in [-0.05, 0) is 17.7 Å². The lowest BCUT2D eigenvalue weighted by Crippen LogP contribution is -2.19. The Morgan fingerprint density at radius 1 is 1.58 bits per heavy atom. The zero-order chi connectivity index (χ0) is 8.72. The fraction of sp³-hybridized carbons (Fsp3) is 0.333. The van der Waals surface area contributed by atoms with Crippen LogP contribution in [0, 0.1) is 5.82 Å². The van der Waals surface area contributed by atoms with Crippen LogP contribution in [0.5, 0.6) is 0 Å². The molecule has 1 atom stereocenters. The van der Waals surface area contributed by atoms with Crippen molar-refractivity contribution in [3.63, 3.8) is 0 Å². The number of fused-ring (bicyclic) bond motifs is 1. The van der Waals surface area contributed by atoms with Crippen molar-refractivity contribution in [1.82, 2.24) is 0 Å². The molecule has 1 unspecified atom stereocenters. The average Bonchev–Trinajstić information content (AvgIpc) is 2.28. The predicted molar refractivity (Wildman–Crippen MR) is 46.6 cm³/mol. The van der Waals surface area contributed by atoms with Crippen molar-refractivity contribution in [3.8, 4) is 0 Å². The van der Waals surface area contributed by atoms with E-state index in [2.05, 4.69) is 0 Å². The third kappa shape index (κ3) is 0.975. The minimum Gasteiger partial charge on any atom is -0.372 e. The SMILES string of the molecule is CN1CC(N)c2ccc(F)cc21.